The molecule has 1 nitrogen and oxygen atoms in total. The average Bonchev–Trinajstić information content (AvgIpc) is 2.46. The molecule has 0 spiro atoms. The quantitative estimate of drug-likeness (QED) is 0.545. The molecule has 2 rings (SSSR count). The number of alkyl halides is 1. The van der Waals surface area contributed by atoms with Crippen molar-refractivity contribution in [2.75, 3.05) is 0 Å². The normalized spacial score (nSPS) is 13.4. The van der Waals surface area contributed by atoms with Gasteiger partial charge in [0, 0.05) is 27.6 Å². The molecule has 0 saturated carbocycles. The van der Waals surface area contributed by atoms with Gasteiger partial charge in [-0.3, -0.25) is 0 Å². The van der Waals surface area contributed by atoms with Gasteiger partial charge in [-0.05, 0) is 30.7 Å². The predicted octanol–water partition coefficient (Wildman–Crippen LogP) is 4.33. The zero-order chi connectivity index (χ0) is 10.3. The second kappa shape index (κ2) is 3.74. The largest absolute Gasteiger partial charge is 0.350 e. The van der Waals surface area contributed by atoms with Gasteiger partial charge >= 0.3 is 0 Å². The number of aromatic nitrogens is 1. The summed E-state index contributed by atoms with van der Waals surface area (Å²) in [4.78, 5) is 0. The Hall–Kier alpha value is -0.220. The number of hydrogen-bond donors (Lipinski definition) is 0. The van der Waals surface area contributed by atoms with E-state index >= 15 is 0 Å². The number of fused-ring (bicyclic) bond motifs is 1. The zero-order valence-corrected chi connectivity index (χ0v) is 11.0. The summed E-state index contributed by atoms with van der Waals surface area (Å²) in [5.74, 6) is 0. The maximum atomic E-state index is 6.06. The summed E-state index contributed by atoms with van der Waals surface area (Å²) in [6.45, 7) is 2.18. The molecule has 0 aliphatic rings. The van der Waals surface area contributed by atoms with Crippen molar-refractivity contribution in [1.82, 2.24) is 4.57 Å². The first-order valence-electron chi connectivity index (χ1n) is 4.48. The Balaban J connectivity index is 2.83. The monoisotopic (exact) mass is 319 g/mol. The third-order valence-electron chi connectivity index (χ3n) is 2.39. The third kappa shape index (κ3) is 1.65. The van der Waals surface area contributed by atoms with Crippen molar-refractivity contribution >= 4 is 45.1 Å². The fourth-order valence-electron chi connectivity index (χ4n) is 1.75. The summed E-state index contributed by atoms with van der Waals surface area (Å²) in [6.07, 6.45) is 2.07. The Morgan fingerprint density at radius 1 is 1.43 bits per heavy atom. The molecule has 0 N–H and O–H groups in total. The number of nitrogens with zero attached hydrogens (tertiary/aromatic N) is 1. The van der Waals surface area contributed by atoms with Crippen LogP contribution in [-0.2, 0) is 7.05 Å². The van der Waals surface area contributed by atoms with E-state index in [0.717, 1.165) is 5.02 Å². The van der Waals surface area contributed by atoms with Crippen LogP contribution in [0.15, 0.2) is 24.4 Å². The van der Waals surface area contributed by atoms with E-state index in [1.807, 2.05) is 6.07 Å². The van der Waals surface area contributed by atoms with Crippen LogP contribution >= 0.6 is 34.2 Å². The van der Waals surface area contributed by atoms with Gasteiger partial charge in [-0.2, -0.15) is 0 Å². The molecule has 1 atom stereocenters. The molecule has 0 aliphatic heterocycles. The average molecular weight is 320 g/mol. The van der Waals surface area contributed by atoms with Gasteiger partial charge in [-0.1, -0.05) is 34.2 Å². The van der Waals surface area contributed by atoms with Crippen molar-refractivity contribution in [1.29, 1.82) is 0 Å². The summed E-state index contributed by atoms with van der Waals surface area (Å²) in [7, 11) is 2.07. The lowest BCUT2D eigenvalue weighted by molar-refractivity contribution is 0.956. The van der Waals surface area contributed by atoms with Gasteiger partial charge in [0.15, 0.2) is 0 Å². The Morgan fingerprint density at radius 3 is 2.79 bits per heavy atom. The van der Waals surface area contributed by atoms with E-state index in [2.05, 4.69) is 59.5 Å². The molecule has 0 fully saturated rings. The highest BCUT2D eigenvalue weighted by molar-refractivity contribution is 14.1. The Morgan fingerprint density at radius 2 is 2.14 bits per heavy atom. The SMILES string of the molecule is CC(I)c1cc(Cl)cc2ccn(C)c12. The Kier molecular flexibility index (Phi) is 2.75. The highest BCUT2D eigenvalue weighted by Crippen LogP contribution is 2.32. The standard InChI is InChI=1S/C11H11ClIN/c1-7(13)10-6-9(12)5-8-3-4-14(2)11(8)10/h3-7H,1-2H3. The number of hydrogen-bond acceptors (Lipinski definition) is 0. The summed E-state index contributed by atoms with van der Waals surface area (Å²) >= 11 is 8.48. The number of rotatable bonds is 1. The molecule has 0 radical (unpaired) electrons. The van der Waals surface area contributed by atoms with E-state index in [4.69, 9.17) is 11.6 Å². The second-order valence-electron chi connectivity index (χ2n) is 3.48. The third-order valence-corrected chi connectivity index (χ3v) is 3.28. The minimum absolute atomic E-state index is 0.474. The van der Waals surface area contributed by atoms with E-state index in [0.29, 0.717) is 3.92 Å². The van der Waals surface area contributed by atoms with Crippen molar-refractivity contribution in [3.8, 4) is 0 Å². The topological polar surface area (TPSA) is 4.93 Å². The molecule has 0 amide bonds. The maximum absolute atomic E-state index is 6.06. The van der Waals surface area contributed by atoms with Gasteiger partial charge in [0.1, 0.15) is 0 Å². The van der Waals surface area contributed by atoms with Crippen LogP contribution in [0.4, 0.5) is 0 Å². The van der Waals surface area contributed by atoms with E-state index in [1.54, 1.807) is 0 Å². The highest BCUT2D eigenvalue weighted by atomic mass is 127. The molecule has 1 aromatic carbocycles. The van der Waals surface area contributed by atoms with Crippen LogP contribution in [0, 0.1) is 0 Å². The van der Waals surface area contributed by atoms with Crippen LogP contribution in [0.2, 0.25) is 5.02 Å². The van der Waals surface area contributed by atoms with Gasteiger partial charge in [-0.15, -0.1) is 0 Å². The summed E-state index contributed by atoms with van der Waals surface area (Å²) in [5, 5.41) is 2.04. The number of aryl methyl sites for hydroxylation is 1. The Bertz CT molecular complexity index is 473. The minimum atomic E-state index is 0.474. The first-order valence-corrected chi connectivity index (χ1v) is 6.10. The molecule has 0 saturated heterocycles. The number of benzene rings is 1. The van der Waals surface area contributed by atoms with Crippen LogP contribution in [0.3, 0.4) is 0 Å². The molecule has 0 bridgehead atoms. The Labute approximate surface area is 102 Å². The van der Waals surface area contributed by atoms with E-state index in [-0.39, 0.29) is 0 Å². The molecular weight excluding hydrogens is 308 g/mol. The van der Waals surface area contributed by atoms with Crippen molar-refractivity contribution < 1.29 is 0 Å². The molecule has 2 aromatic rings. The van der Waals surface area contributed by atoms with Crippen LogP contribution in [0.5, 0.6) is 0 Å². The minimum Gasteiger partial charge on any atom is -0.350 e. The lowest BCUT2D eigenvalue weighted by Crippen LogP contribution is -1.92. The van der Waals surface area contributed by atoms with Crippen LogP contribution in [-0.4, -0.2) is 4.57 Å². The van der Waals surface area contributed by atoms with Crippen molar-refractivity contribution in [2.45, 2.75) is 10.8 Å². The molecule has 3 heteroatoms. The van der Waals surface area contributed by atoms with Gasteiger partial charge in [0.05, 0.1) is 5.52 Å². The molecule has 14 heavy (non-hydrogen) atoms. The predicted molar refractivity (Wildman–Crippen MR) is 70.4 cm³/mol. The van der Waals surface area contributed by atoms with Gasteiger partial charge < -0.3 is 4.57 Å². The zero-order valence-electron chi connectivity index (χ0n) is 8.09. The van der Waals surface area contributed by atoms with E-state index < -0.39 is 0 Å². The van der Waals surface area contributed by atoms with E-state index in [9.17, 15) is 0 Å². The van der Waals surface area contributed by atoms with Crippen molar-refractivity contribution in [3.63, 3.8) is 0 Å². The fourth-order valence-corrected chi connectivity index (χ4v) is 2.46. The molecule has 1 aromatic heterocycles. The second-order valence-corrected chi connectivity index (χ2v) is 5.78. The van der Waals surface area contributed by atoms with Crippen molar-refractivity contribution in [2.24, 2.45) is 7.05 Å². The highest BCUT2D eigenvalue weighted by Gasteiger charge is 2.10. The maximum Gasteiger partial charge on any atom is 0.0521 e. The lowest BCUT2D eigenvalue weighted by atomic mass is 10.1. The molecular formula is C11H11ClIN. The fraction of sp³-hybridized carbons (Fsp3) is 0.273. The van der Waals surface area contributed by atoms with Crippen LogP contribution in [0.25, 0.3) is 10.9 Å². The van der Waals surface area contributed by atoms with Crippen LogP contribution < -0.4 is 0 Å². The smallest absolute Gasteiger partial charge is 0.0521 e. The number of halogens is 2. The van der Waals surface area contributed by atoms with Gasteiger partial charge in [0.2, 0.25) is 0 Å². The first kappa shape index (κ1) is 10.3. The van der Waals surface area contributed by atoms with E-state index in [1.165, 1.54) is 16.5 Å². The molecule has 1 heterocycles. The lowest BCUT2D eigenvalue weighted by Gasteiger charge is -2.09. The summed E-state index contributed by atoms with van der Waals surface area (Å²) in [5.41, 5.74) is 2.59. The van der Waals surface area contributed by atoms with Crippen LogP contribution in [0.1, 0.15) is 16.4 Å². The molecule has 1 unspecified atom stereocenters. The van der Waals surface area contributed by atoms with Gasteiger partial charge in [0.25, 0.3) is 0 Å². The molecule has 0 aliphatic carbocycles. The molecule has 74 valence electrons. The first-order chi connectivity index (χ1) is 6.59. The van der Waals surface area contributed by atoms with Gasteiger partial charge in [-0.25, -0.2) is 0 Å². The van der Waals surface area contributed by atoms with Crippen molar-refractivity contribution in [3.05, 3.63) is 35.0 Å². The summed E-state index contributed by atoms with van der Waals surface area (Å²) < 4.78 is 2.62. The summed E-state index contributed by atoms with van der Waals surface area (Å²) in [6, 6.07) is 6.17.